The molecule has 1 aliphatic carbocycles. The molecule has 2 aliphatic rings. The number of hydrogen-bond donors (Lipinski definition) is 1. The van der Waals surface area contributed by atoms with E-state index in [1.165, 1.54) is 22.8 Å². The third kappa shape index (κ3) is 2.45. The van der Waals surface area contributed by atoms with Gasteiger partial charge in [-0.05, 0) is 30.7 Å². The average molecular weight is 317 g/mol. The summed E-state index contributed by atoms with van der Waals surface area (Å²) in [5.74, 6) is 0.0915. The molecule has 2 bridgehead atoms. The predicted octanol–water partition coefficient (Wildman–Crippen LogP) is 1.52. The molecule has 20 heavy (non-hydrogen) atoms. The Kier molecular flexibility index (Phi) is 3.75. The van der Waals surface area contributed by atoms with Gasteiger partial charge in [0, 0.05) is 25.5 Å². The molecule has 1 saturated heterocycles. The lowest BCUT2D eigenvalue weighted by Gasteiger charge is -2.44. The fourth-order valence-electron chi connectivity index (χ4n) is 3.24. The number of aliphatic hydroxyl groups is 1. The lowest BCUT2D eigenvalue weighted by atomic mass is 9.76. The maximum atomic E-state index is 12.6. The maximum Gasteiger partial charge on any atom is 0.244 e. The minimum Gasteiger partial charge on any atom is -0.392 e. The zero-order valence-corrected chi connectivity index (χ0v) is 12.5. The van der Waals surface area contributed by atoms with Gasteiger partial charge in [0.1, 0.15) is 4.90 Å². The van der Waals surface area contributed by atoms with E-state index in [-0.39, 0.29) is 22.8 Å². The molecule has 3 rings (SSSR count). The van der Waals surface area contributed by atoms with Crippen molar-refractivity contribution in [2.45, 2.75) is 30.3 Å². The van der Waals surface area contributed by atoms with E-state index in [1.54, 1.807) is 0 Å². The van der Waals surface area contributed by atoms with E-state index in [0.29, 0.717) is 18.1 Å². The van der Waals surface area contributed by atoms with Crippen LogP contribution in [0.25, 0.3) is 0 Å². The van der Waals surface area contributed by atoms with E-state index in [9.17, 15) is 13.5 Å². The molecule has 2 heterocycles. The smallest absolute Gasteiger partial charge is 0.244 e. The molecule has 0 radical (unpaired) electrons. The molecule has 1 aromatic rings. The Bertz CT molecular complexity index is 593. The topological polar surface area (TPSA) is 70.5 Å². The van der Waals surface area contributed by atoms with Crippen LogP contribution in [-0.4, -0.2) is 42.0 Å². The highest BCUT2D eigenvalue weighted by atomic mass is 35.5. The number of halogens is 1. The van der Waals surface area contributed by atoms with Gasteiger partial charge in [-0.1, -0.05) is 18.0 Å². The van der Waals surface area contributed by atoms with Crippen molar-refractivity contribution in [1.82, 2.24) is 9.29 Å². The van der Waals surface area contributed by atoms with Crippen LogP contribution in [0.15, 0.2) is 23.4 Å². The highest BCUT2D eigenvalue weighted by Gasteiger charge is 2.42. The van der Waals surface area contributed by atoms with Gasteiger partial charge < -0.3 is 5.11 Å². The summed E-state index contributed by atoms with van der Waals surface area (Å²) < 4.78 is 26.7. The summed E-state index contributed by atoms with van der Waals surface area (Å²) >= 11 is 5.82. The number of rotatable bonds is 2. The van der Waals surface area contributed by atoms with Crippen LogP contribution in [0, 0.1) is 11.8 Å². The molecule has 1 aliphatic heterocycles. The van der Waals surface area contributed by atoms with Crippen LogP contribution < -0.4 is 0 Å². The average Bonchev–Trinajstić information content (AvgIpc) is 2.38. The summed E-state index contributed by atoms with van der Waals surface area (Å²) in [6.07, 6.45) is 5.21. The molecule has 1 saturated carbocycles. The van der Waals surface area contributed by atoms with Gasteiger partial charge in [0.05, 0.1) is 11.1 Å². The van der Waals surface area contributed by atoms with Crippen LogP contribution in [0.2, 0.25) is 5.02 Å². The second kappa shape index (κ2) is 5.26. The normalized spacial score (nSPS) is 31.2. The van der Waals surface area contributed by atoms with Crippen LogP contribution in [0.1, 0.15) is 19.3 Å². The first-order chi connectivity index (χ1) is 9.48. The monoisotopic (exact) mass is 316 g/mol. The Labute approximate surface area is 123 Å². The van der Waals surface area contributed by atoms with Gasteiger partial charge in [0.15, 0.2) is 0 Å². The van der Waals surface area contributed by atoms with Gasteiger partial charge in [-0.15, -0.1) is 0 Å². The van der Waals surface area contributed by atoms with Gasteiger partial charge in [-0.2, -0.15) is 4.31 Å². The fourth-order valence-corrected chi connectivity index (χ4v) is 5.03. The van der Waals surface area contributed by atoms with Gasteiger partial charge in [-0.3, -0.25) is 4.98 Å². The van der Waals surface area contributed by atoms with Crippen molar-refractivity contribution >= 4 is 21.6 Å². The van der Waals surface area contributed by atoms with E-state index >= 15 is 0 Å². The molecule has 110 valence electrons. The lowest BCUT2D eigenvalue weighted by Crippen LogP contribution is -2.53. The SMILES string of the molecule is O=S(=O)(c1cncc(Cl)c1)N1CC2CCCC(C1)C2O. The zero-order chi connectivity index (χ0) is 14.3. The van der Waals surface area contributed by atoms with Crippen molar-refractivity contribution in [3.63, 3.8) is 0 Å². The van der Waals surface area contributed by atoms with Gasteiger partial charge in [0.2, 0.25) is 10.0 Å². The molecule has 0 aromatic carbocycles. The number of pyridine rings is 1. The quantitative estimate of drug-likeness (QED) is 0.898. The van der Waals surface area contributed by atoms with E-state index < -0.39 is 10.0 Å². The van der Waals surface area contributed by atoms with Crippen molar-refractivity contribution in [3.05, 3.63) is 23.5 Å². The summed E-state index contributed by atoms with van der Waals surface area (Å²) in [6.45, 7) is 0.763. The lowest BCUT2D eigenvalue weighted by molar-refractivity contribution is -0.0269. The molecular formula is C13H17ClN2O3S. The molecule has 0 amide bonds. The number of nitrogens with zero attached hydrogens (tertiary/aromatic N) is 2. The number of aromatic nitrogens is 1. The van der Waals surface area contributed by atoms with Crippen molar-refractivity contribution in [1.29, 1.82) is 0 Å². The maximum absolute atomic E-state index is 12.6. The molecule has 1 aromatic heterocycles. The highest BCUT2D eigenvalue weighted by Crippen LogP contribution is 2.36. The number of sulfonamides is 1. The van der Waals surface area contributed by atoms with Crippen molar-refractivity contribution in [3.8, 4) is 0 Å². The minimum atomic E-state index is -3.57. The van der Waals surface area contributed by atoms with E-state index in [0.717, 1.165) is 19.3 Å². The number of hydrogen-bond acceptors (Lipinski definition) is 4. The summed E-state index contributed by atoms with van der Waals surface area (Å²) in [6, 6.07) is 1.42. The Morgan fingerprint density at radius 2 is 1.90 bits per heavy atom. The Balaban J connectivity index is 1.89. The summed E-state index contributed by atoms with van der Waals surface area (Å²) in [4.78, 5) is 3.97. The second-order valence-corrected chi connectivity index (χ2v) is 7.98. The van der Waals surface area contributed by atoms with Gasteiger partial charge in [0.25, 0.3) is 0 Å². The van der Waals surface area contributed by atoms with Crippen molar-refractivity contribution in [2.75, 3.05) is 13.1 Å². The van der Waals surface area contributed by atoms with Crippen LogP contribution in [0.4, 0.5) is 0 Å². The van der Waals surface area contributed by atoms with Crippen LogP contribution in [0.3, 0.4) is 0 Å². The standard InChI is InChI=1S/C13H17ClN2O3S/c14-11-4-12(6-15-5-11)20(18,19)16-7-9-2-1-3-10(8-16)13(9)17/h4-6,9-10,13,17H,1-3,7-8H2. The Morgan fingerprint density at radius 3 is 2.50 bits per heavy atom. The molecule has 7 heteroatoms. The van der Waals surface area contributed by atoms with Crippen LogP contribution in [-0.2, 0) is 10.0 Å². The third-order valence-corrected chi connectivity index (χ3v) is 6.31. The van der Waals surface area contributed by atoms with Crippen molar-refractivity contribution in [2.24, 2.45) is 11.8 Å². The first-order valence-electron chi connectivity index (χ1n) is 6.77. The molecule has 2 atom stereocenters. The first-order valence-corrected chi connectivity index (χ1v) is 8.59. The summed E-state index contributed by atoms with van der Waals surface area (Å²) in [7, 11) is -3.57. The summed E-state index contributed by atoms with van der Waals surface area (Å²) in [5.41, 5.74) is 0. The number of piperidine rings is 1. The zero-order valence-electron chi connectivity index (χ0n) is 10.9. The Hall–Kier alpha value is -0.690. The van der Waals surface area contributed by atoms with Crippen LogP contribution >= 0.6 is 11.6 Å². The second-order valence-electron chi connectivity index (χ2n) is 5.60. The fraction of sp³-hybridized carbons (Fsp3) is 0.615. The predicted molar refractivity (Wildman–Crippen MR) is 74.8 cm³/mol. The highest BCUT2D eigenvalue weighted by molar-refractivity contribution is 7.89. The van der Waals surface area contributed by atoms with Gasteiger partial charge >= 0.3 is 0 Å². The van der Waals surface area contributed by atoms with E-state index in [2.05, 4.69) is 4.98 Å². The summed E-state index contributed by atoms with van der Waals surface area (Å²) in [5, 5.41) is 10.4. The largest absolute Gasteiger partial charge is 0.392 e. The molecular weight excluding hydrogens is 300 g/mol. The molecule has 0 spiro atoms. The molecule has 2 unspecified atom stereocenters. The minimum absolute atomic E-state index is 0.0458. The van der Waals surface area contributed by atoms with Crippen molar-refractivity contribution < 1.29 is 13.5 Å². The first kappa shape index (κ1) is 14.3. The molecule has 1 N–H and O–H groups in total. The molecule has 5 nitrogen and oxygen atoms in total. The van der Waals surface area contributed by atoms with E-state index in [1.807, 2.05) is 0 Å². The number of aliphatic hydroxyl groups excluding tert-OH is 1. The Morgan fingerprint density at radius 1 is 1.25 bits per heavy atom. The van der Waals surface area contributed by atoms with E-state index in [4.69, 9.17) is 11.6 Å². The van der Waals surface area contributed by atoms with Gasteiger partial charge in [-0.25, -0.2) is 8.42 Å². The van der Waals surface area contributed by atoms with Crippen LogP contribution in [0.5, 0.6) is 0 Å². The third-order valence-electron chi connectivity index (χ3n) is 4.31. The molecule has 2 fully saturated rings. The number of fused-ring (bicyclic) bond motifs is 2.